The van der Waals surface area contributed by atoms with E-state index in [-0.39, 0.29) is 17.9 Å². The molecule has 0 heterocycles. The molecule has 0 spiro atoms. The highest BCUT2D eigenvalue weighted by Crippen LogP contribution is 2.22. The predicted molar refractivity (Wildman–Crippen MR) is 112 cm³/mol. The first-order chi connectivity index (χ1) is 13.2. The van der Waals surface area contributed by atoms with Crippen LogP contribution in [0.25, 0.3) is 0 Å². The van der Waals surface area contributed by atoms with Crippen LogP contribution in [0.4, 0.5) is 0 Å². The third-order valence-electron chi connectivity index (χ3n) is 5.51. The van der Waals surface area contributed by atoms with Gasteiger partial charge in [-0.25, -0.2) is 0 Å². The summed E-state index contributed by atoms with van der Waals surface area (Å²) in [6, 6.07) is 18.4. The first-order valence-electron chi connectivity index (χ1n) is 10.1. The topological polar surface area (TPSA) is 49.3 Å². The summed E-state index contributed by atoms with van der Waals surface area (Å²) in [6.45, 7) is 2.04. The third kappa shape index (κ3) is 5.74. The van der Waals surface area contributed by atoms with Crippen molar-refractivity contribution in [3.63, 3.8) is 0 Å². The Morgan fingerprint density at radius 3 is 2.33 bits per heavy atom. The van der Waals surface area contributed by atoms with E-state index in [9.17, 15) is 9.32 Å². The minimum atomic E-state index is -1.19. The van der Waals surface area contributed by atoms with Crippen molar-refractivity contribution in [1.29, 1.82) is 0 Å². The molecule has 1 fully saturated rings. The van der Waals surface area contributed by atoms with Crippen molar-refractivity contribution in [2.45, 2.75) is 67.7 Å². The van der Waals surface area contributed by atoms with Gasteiger partial charge in [0.15, 0.2) is 0 Å². The van der Waals surface area contributed by atoms with Gasteiger partial charge in [-0.15, -0.1) is 0 Å². The smallest absolute Gasteiger partial charge is 0.0610 e. The van der Waals surface area contributed by atoms with Gasteiger partial charge < -0.3 is 10.4 Å². The van der Waals surface area contributed by atoms with Gasteiger partial charge >= 0.3 is 0 Å². The van der Waals surface area contributed by atoms with Crippen LogP contribution in [0.2, 0.25) is 0 Å². The average Bonchev–Trinajstić information content (AvgIpc) is 2.72. The first-order valence-corrected chi connectivity index (χ1v) is 11.3. The molecule has 3 nitrogen and oxygen atoms in total. The fourth-order valence-corrected chi connectivity index (χ4v) is 5.47. The minimum absolute atomic E-state index is 0.00556. The second-order valence-corrected chi connectivity index (χ2v) is 9.30. The maximum absolute atomic E-state index is 13.5. The van der Waals surface area contributed by atoms with Crippen molar-refractivity contribution in [3.05, 3.63) is 65.7 Å². The number of rotatable bonds is 8. The van der Waals surface area contributed by atoms with Crippen LogP contribution in [0.3, 0.4) is 0 Å². The van der Waals surface area contributed by atoms with E-state index in [1.54, 1.807) is 0 Å². The zero-order chi connectivity index (χ0) is 19.1. The van der Waals surface area contributed by atoms with Crippen LogP contribution in [-0.2, 0) is 17.2 Å². The Morgan fingerprint density at radius 1 is 1.04 bits per heavy atom. The number of aliphatic hydroxyl groups is 1. The van der Waals surface area contributed by atoms with Crippen molar-refractivity contribution >= 4 is 10.8 Å². The summed E-state index contributed by atoms with van der Waals surface area (Å²) in [5.74, 6) is 0. The fraction of sp³-hybridized carbons (Fsp3) is 0.478. The van der Waals surface area contributed by atoms with E-state index in [1.807, 2.05) is 49.4 Å². The lowest BCUT2D eigenvalue weighted by molar-refractivity contribution is 0.214. The van der Waals surface area contributed by atoms with Crippen molar-refractivity contribution in [3.8, 4) is 0 Å². The summed E-state index contributed by atoms with van der Waals surface area (Å²) in [4.78, 5) is 0.838. The molecule has 146 valence electrons. The maximum atomic E-state index is 13.5. The van der Waals surface area contributed by atoms with E-state index in [4.69, 9.17) is 0 Å². The molecule has 27 heavy (non-hydrogen) atoms. The largest absolute Gasteiger partial charge is 0.395 e. The van der Waals surface area contributed by atoms with Crippen molar-refractivity contribution in [1.82, 2.24) is 5.32 Å². The molecule has 2 aromatic rings. The highest BCUT2D eigenvalue weighted by molar-refractivity contribution is 7.85. The zero-order valence-corrected chi connectivity index (χ0v) is 17.0. The quantitative estimate of drug-likeness (QED) is 0.722. The Balaban J connectivity index is 1.82. The van der Waals surface area contributed by atoms with E-state index in [1.165, 1.54) is 19.3 Å². The van der Waals surface area contributed by atoms with Crippen LogP contribution in [-0.4, -0.2) is 33.3 Å². The Morgan fingerprint density at radius 2 is 1.70 bits per heavy atom. The Hall–Kier alpha value is -1.49. The first kappa shape index (κ1) is 20.2. The van der Waals surface area contributed by atoms with Crippen LogP contribution in [0.5, 0.6) is 0 Å². The number of hydrogen-bond acceptors (Lipinski definition) is 3. The molecule has 1 unspecified atom stereocenters. The average molecular weight is 386 g/mol. The third-order valence-corrected chi connectivity index (χ3v) is 7.29. The molecular formula is C23H31NO2S. The second-order valence-electron chi connectivity index (χ2n) is 7.63. The molecule has 1 saturated carbocycles. The van der Waals surface area contributed by atoms with Gasteiger partial charge in [-0.2, -0.15) is 0 Å². The monoisotopic (exact) mass is 385 g/mol. The lowest BCUT2D eigenvalue weighted by atomic mass is 9.94. The lowest BCUT2D eigenvalue weighted by Crippen LogP contribution is -2.50. The van der Waals surface area contributed by atoms with Crippen molar-refractivity contribution in [2.75, 3.05) is 6.61 Å². The lowest BCUT2D eigenvalue weighted by Gasteiger charge is -2.32. The molecule has 3 atom stereocenters. The summed E-state index contributed by atoms with van der Waals surface area (Å²) in [5, 5.41) is 13.6. The van der Waals surface area contributed by atoms with E-state index < -0.39 is 10.8 Å². The molecule has 0 radical (unpaired) electrons. The minimum Gasteiger partial charge on any atom is -0.395 e. The van der Waals surface area contributed by atoms with E-state index in [2.05, 4.69) is 17.4 Å². The summed E-state index contributed by atoms with van der Waals surface area (Å²) < 4.78 is 13.5. The number of benzene rings is 2. The highest BCUT2D eigenvalue weighted by atomic mass is 32.2. The van der Waals surface area contributed by atoms with Gasteiger partial charge in [0.2, 0.25) is 0 Å². The summed E-state index contributed by atoms with van der Waals surface area (Å²) in [5.41, 5.74) is 2.32. The number of aliphatic hydroxyl groups excluding tert-OH is 1. The van der Waals surface area contributed by atoms with Crippen molar-refractivity contribution in [2.24, 2.45) is 0 Å². The second kappa shape index (κ2) is 10.2. The molecular weight excluding hydrogens is 354 g/mol. The van der Waals surface area contributed by atoms with Crippen molar-refractivity contribution < 1.29 is 9.32 Å². The van der Waals surface area contributed by atoms with Gasteiger partial charge in [-0.3, -0.25) is 4.21 Å². The van der Waals surface area contributed by atoms with Crippen LogP contribution >= 0.6 is 0 Å². The Bertz CT molecular complexity index is 711. The predicted octanol–water partition coefficient (Wildman–Crippen LogP) is 4.00. The summed E-state index contributed by atoms with van der Waals surface area (Å²) >= 11 is 0. The van der Waals surface area contributed by atoms with E-state index >= 15 is 0 Å². The SMILES string of the molecule is Cc1ccc([S@](=O)C(Cc2ccccc2)[C@H](CO)NC2CCCCC2)cc1. The van der Waals surface area contributed by atoms with E-state index in [0.717, 1.165) is 28.9 Å². The number of nitrogens with one attached hydrogen (secondary N) is 1. The van der Waals surface area contributed by atoms with Crippen LogP contribution in [0.15, 0.2) is 59.5 Å². The highest BCUT2D eigenvalue weighted by Gasteiger charge is 2.30. The Kier molecular flexibility index (Phi) is 7.62. The summed E-state index contributed by atoms with van der Waals surface area (Å²) in [7, 11) is -1.19. The fourth-order valence-electron chi connectivity index (χ4n) is 3.91. The molecule has 3 rings (SSSR count). The van der Waals surface area contributed by atoms with Gasteiger partial charge in [0.05, 0.1) is 22.7 Å². The molecule has 0 amide bonds. The molecule has 1 aliphatic carbocycles. The molecule has 0 aliphatic heterocycles. The molecule has 1 aliphatic rings. The molecule has 0 aromatic heterocycles. The number of aryl methyl sites for hydroxylation is 1. The van der Waals surface area contributed by atoms with Crippen LogP contribution < -0.4 is 5.32 Å². The molecule has 4 heteroatoms. The van der Waals surface area contributed by atoms with Crippen LogP contribution in [0.1, 0.15) is 43.2 Å². The van der Waals surface area contributed by atoms with Gasteiger partial charge in [-0.05, 0) is 43.9 Å². The maximum Gasteiger partial charge on any atom is 0.0610 e. The van der Waals surface area contributed by atoms with Gasteiger partial charge in [-0.1, -0.05) is 67.3 Å². The molecule has 2 aromatic carbocycles. The van der Waals surface area contributed by atoms with Gasteiger partial charge in [0.25, 0.3) is 0 Å². The molecule has 2 N–H and O–H groups in total. The summed E-state index contributed by atoms with van der Waals surface area (Å²) in [6.07, 6.45) is 6.74. The van der Waals surface area contributed by atoms with Gasteiger partial charge in [0.1, 0.15) is 0 Å². The molecule has 0 saturated heterocycles. The molecule has 0 bridgehead atoms. The standard InChI is InChI=1S/C23H31NO2S/c1-18-12-14-21(15-13-18)27(26)23(16-19-8-4-2-5-9-19)22(17-25)24-20-10-6-3-7-11-20/h2,4-5,8-9,12-15,20,22-25H,3,6-7,10-11,16-17H2,1H3/t22-,23?,27-/m0/s1. The number of hydrogen-bond donors (Lipinski definition) is 2. The zero-order valence-electron chi connectivity index (χ0n) is 16.1. The Labute approximate surface area is 165 Å². The van der Waals surface area contributed by atoms with E-state index in [0.29, 0.717) is 12.5 Å². The normalized spacial score (nSPS) is 18.7. The van der Waals surface area contributed by atoms with Crippen LogP contribution in [0, 0.1) is 6.92 Å². The van der Waals surface area contributed by atoms with Gasteiger partial charge in [0, 0.05) is 17.0 Å².